The summed E-state index contributed by atoms with van der Waals surface area (Å²) in [4.78, 5) is 32.1. The van der Waals surface area contributed by atoms with Gasteiger partial charge in [-0.15, -0.1) is 0 Å². The van der Waals surface area contributed by atoms with Crippen molar-refractivity contribution in [1.29, 1.82) is 0 Å². The van der Waals surface area contributed by atoms with Crippen LogP contribution in [0.3, 0.4) is 0 Å². The summed E-state index contributed by atoms with van der Waals surface area (Å²) in [7, 11) is 0. The van der Waals surface area contributed by atoms with Crippen LogP contribution in [-0.4, -0.2) is 57.4 Å². The molecule has 1 fully saturated rings. The molecule has 2 unspecified atom stereocenters. The van der Waals surface area contributed by atoms with Gasteiger partial charge in [-0.3, -0.25) is 14.7 Å². The first-order valence-corrected chi connectivity index (χ1v) is 9.30. The quantitative estimate of drug-likeness (QED) is 0.849. The number of benzene rings is 1. The first kappa shape index (κ1) is 19.0. The van der Waals surface area contributed by atoms with Crippen molar-refractivity contribution in [3.05, 3.63) is 65.5 Å². The van der Waals surface area contributed by atoms with Crippen LogP contribution in [0.5, 0.6) is 0 Å². The number of rotatable bonds is 6. The van der Waals surface area contributed by atoms with E-state index in [1.165, 1.54) is 23.9 Å². The lowest BCUT2D eigenvalue weighted by Gasteiger charge is -2.29. The number of hydrogen-bond donors (Lipinski definition) is 1. The largest absolute Gasteiger partial charge is 0.478 e. The van der Waals surface area contributed by atoms with Crippen molar-refractivity contribution >= 4 is 11.9 Å². The van der Waals surface area contributed by atoms with Crippen LogP contribution >= 0.6 is 0 Å². The van der Waals surface area contributed by atoms with Gasteiger partial charge in [0.1, 0.15) is 5.69 Å². The standard InChI is InChI=1S/C21H25N3O3/c1-3-24(20(25)19-10-9-17(13-22-19)21(26)27)18-11-12-23(14-18)15(2)16-7-5-4-6-8-16/h4-10,13,15,18H,3,11-12,14H2,1-2H3,(H,26,27). The van der Waals surface area contributed by atoms with Gasteiger partial charge in [0.2, 0.25) is 0 Å². The Kier molecular flexibility index (Phi) is 5.86. The topological polar surface area (TPSA) is 73.7 Å². The lowest BCUT2D eigenvalue weighted by atomic mass is 10.1. The number of likely N-dealkylation sites (tertiary alicyclic amines) is 1. The lowest BCUT2D eigenvalue weighted by molar-refractivity contribution is 0.0673. The average Bonchev–Trinajstić information content (AvgIpc) is 3.18. The molecule has 0 radical (unpaired) electrons. The number of hydrogen-bond acceptors (Lipinski definition) is 4. The number of pyridine rings is 1. The molecule has 1 aromatic heterocycles. The fraction of sp³-hybridized carbons (Fsp3) is 0.381. The molecule has 3 rings (SSSR count). The zero-order chi connectivity index (χ0) is 19.4. The molecule has 1 amide bonds. The predicted octanol–water partition coefficient (Wildman–Crippen LogP) is 3.08. The molecule has 0 bridgehead atoms. The second-order valence-electron chi connectivity index (χ2n) is 6.85. The molecule has 0 spiro atoms. The van der Waals surface area contributed by atoms with Gasteiger partial charge in [0.15, 0.2) is 0 Å². The molecule has 1 N–H and O–H groups in total. The number of carboxylic acids is 1. The molecule has 6 nitrogen and oxygen atoms in total. The Morgan fingerprint density at radius 2 is 2.00 bits per heavy atom. The minimum absolute atomic E-state index is 0.0818. The first-order chi connectivity index (χ1) is 13.0. The van der Waals surface area contributed by atoms with Crippen molar-refractivity contribution in [1.82, 2.24) is 14.8 Å². The lowest BCUT2D eigenvalue weighted by Crippen LogP contribution is -2.42. The van der Waals surface area contributed by atoms with Crippen LogP contribution < -0.4 is 0 Å². The van der Waals surface area contributed by atoms with Gasteiger partial charge in [-0.1, -0.05) is 30.3 Å². The maximum absolute atomic E-state index is 12.9. The van der Waals surface area contributed by atoms with Gasteiger partial charge in [0.25, 0.3) is 5.91 Å². The van der Waals surface area contributed by atoms with E-state index in [0.29, 0.717) is 12.6 Å². The molecule has 0 aliphatic carbocycles. The van der Waals surface area contributed by atoms with Crippen LogP contribution in [0, 0.1) is 0 Å². The Hall–Kier alpha value is -2.73. The van der Waals surface area contributed by atoms with E-state index in [9.17, 15) is 9.59 Å². The van der Waals surface area contributed by atoms with Crippen LogP contribution in [0.1, 0.15) is 52.7 Å². The molecule has 6 heteroatoms. The fourth-order valence-electron chi connectivity index (χ4n) is 3.68. The monoisotopic (exact) mass is 367 g/mol. The second-order valence-corrected chi connectivity index (χ2v) is 6.85. The van der Waals surface area contributed by atoms with Crippen molar-refractivity contribution in [3.8, 4) is 0 Å². The Balaban J connectivity index is 1.69. The van der Waals surface area contributed by atoms with Crippen molar-refractivity contribution < 1.29 is 14.7 Å². The maximum atomic E-state index is 12.9. The predicted molar refractivity (Wildman–Crippen MR) is 103 cm³/mol. The third kappa shape index (κ3) is 4.17. The van der Waals surface area contributed by atoms with E-state index >= 15 is 0 Å². The number of aromatic nitrogens is 1. The smallest absolute Gasteiger partial charge is 0.337 e. The number of carboxylic acid groups (broad SMARTS) is 1. The van der Waals surface area contributed by atoms with Gasteiger partial charge in [-0.05, 0) is 38.0 Å². The minimum atomic E-state index is -1.05. The first-order valence-electron chi connectivity index (χ1n) is 9.30. The van der Waals surface area contributed by atoms with Crippen molar-refractivity contribution in [2.45, 2.75) is 32.4 Å². The van der Waals surface area contributed by atoms with Gasteiger partial charge in [0.05, 0.1) is 5.56 Å². The van der Waals surface area contributed by atoms with Crippen molar-refractivity contribution in [2.24, 2.45) is 0 Å². The van der Waals surface area contributed by atoms with Crippen LogP contribution in [-0.2, 0) is 0 Å². The Labute approximate surface area is 159 Å². The SMILES string of the molecule is CCN(C(=O)c1ccc(C(=O)O)cn1)C1CCN(C(C)c2ccccc2)C1. The van der Waals surface area contributed by atoms with E-state index in [1.807, 2.05) is 30.0 Å². The van der Waals surface area contributed by atoms with E-state index < -0.39 is 5.97 Å². The van der Waals surface area contributed by atoms with Gasteiger partial charge in [-0.25, -0.2) is 4.79 Å². The molecule has 1 aromatic carbocycles. The molecular formula is C21H25N3O3. The van der Waals surface area contributed by atoms with E-state index in [2.05, 4.69) is 28.9 Å². The molecular weight excluding hydrogens is 342 g/mol. The number of nitrogens with zero attached hydrogens (tertiary/aromatic N) is 3. The Morgan fingerprint density at radius 1 is 1.26 bits per heavy atom. The molecule has 2 aromatic rings. The molecule has 1 saturated heterocycles. The normalized spacial score (nSPS) is 18.2. The van der Waals surface area contributed by atoms with Gasteiger partial charge in [0, 0.05) is 37.9 Å². The zero-order valence-electron chi connectivity index (χ0n) is 15.7. The number of aromatic carboxylic acids is 1. The highest BCUT2D eigenvalue weighted by atomic mass is 16.4. The third-order valence-corrected chi connectivity index (χ3v) is 5.30. The van der Waals surface area contributed by atoms with Crippen molar-refractivity contribution in [3.63, 3.8) is 0 Å². The summed E-state index contributed by atoms with van der Waals surface area (Å²) in [5.74, 6) is -1.19. The minimum Gasteiger partial charge on any atom is -0.478 e. The van der Waals surface area contributed by atoms with Gasteiger partial charge >= 0.3 is 5.97 Å². The van der Waals surface area contributed by atoms with Crippen LogP contribution in [0.15, 0.2) is 48.7 Å². The summed E-state index contributed by atoms with van der Waals surface area (Å²) in [6, 6.07) is 13.7. The van der Waals surface area contributed by atoms with E-state index in [-0.39, 0.29) is 23.2 Å². The highest BCUT2D eigenvalue weighted by Crippen LogP contribution is 2.27. The van der Waals surface area contributed by atoms with E-state index in [4.69, 9.17) is 5.11 Å². The highest BCUT2D eigenvalue weighted by Gasteiger charge is 2.33. The molecule has 1 aliphatic rings. The zero-order valence-corrected chi connectivity index (χ0v) is 15.7. The molecule has 142 valence electrons. The van der Waals surface area contributed by atoms with E-state index in [1.54, 1.807) is 0 Å². The van der Waals surface area contributed by atoms with Crippen LogP contribution in [0.2, 0.25) is 0 Å². The van der Waals surface area contributed by atoms with Crippen LogP contribution in [0.25, 0.3) is 0 Å². The maximum Gasteiger partial charge on any atom is 0.337 e. The molecule has 2 heterocycles. The molecule has 27 heavy (non-hydrogen) atoms. The summed E-state index contributed by atoms with van der Waals surface area (Å²) in [6.45, 7) is 6.52. The summed E-state index contributed by atoms with van der Waals surface area (Å²) >= 11 is 0. The van der Waals surface area contributed by atoms with Crippen LogP contribution in [0.4, 0.5) is 0 Å². The molecule has 1 aliphatic heterocycles. The van der Waals surface area contributed by atoms with Gasteiger partial charge in [-0.2, -0.15) is 0 Å². The second kappa shape index (κ2) is 8.31. The Morgan fingerprint density at radius 3 is 2.59 bits per heavy atom. The highest BCUT2D eigenvalue weighted by molar-refractivity contribution is 5.94. The van der Waals surface area contributed by atoms with E-state index in [0.717, 1.165) is 19.5 Å². The number of likely N-dealkylation sites (N-methyl/N-ethyl adjacent to an activating group) is 1. The van der Waals surface area contributed by atoms with Gasteiger partial charge < -0.3 is 10.0 Å². The Bertz CT molecular complexity index is 792. The summed E-state index contributed by atoms with van der Waals surface area (Å²) in [5.41, 5.74) is 1.65. The number of amides is 1. The summed E-state index contributed by atoms with van der Waals surface area (Å²) in [6.07, 6.45) is 2.16. The average molecular weight is 367 g/mol. The third-order valence-electron chi connectivity index (χ3n) is 5.30. The number of carbonyl (C=O) groups is 2. The molecule has 2 atom stereocenters. The summed E-state index contributed by atoms with van der Waals surface area (Å²) < 4.78 is 0. The molecule has 0 saturated carbocycles. The fourth-order valence-corrected chi connectivity index (χ4v) is 3.68. The summed E-state index contributed by atoms with van der Waals surface area (Å²) in [5, 5.41) is 8.98. The van der Waals surface area contributed by atoms with Crippen molar-refractivity contribution in [2.75, 3.05) is 19.6 Å². The number of carbonyl (C=O) groups excluding carboxylic acids is 1.